The SMILES string of the molecule is CN(Cc1ccccc1Cl)C(=O)/C=C/c1ccc([N+](=O)[O-])cc1. The molecule has 2 rings (SSSR count). The Hall–Kier alpha value is -2.66. The number of hydrogen-bond donors (Lipinski definition) is 0. The normalized spacial score (nSPS) is 10.7. The molecule has 0 N–H and O–H groups in total. The molecule has 2 aromatic carbocycles. The Balaban J connectivity index is 2.00. The van der Waals surface area contributed by atoms with Gasteiger partial charge in [0.25, 0.3) is 5.69 Å². The lowest BCUT2D eigenvalue weighted by Gasteiger charge is -2.16. The maximum absolute atomic E-state index is 12.1. The van der Waals surface area contributed by atoms with Crippen LogP contribution < -0.4 is 0 Å². The molecule has 0 aliphatic carbocycles. The molecular formula is C17H15ClN2O3. The van der Waals surface area contributed by atoms with Gasteiger partial charge >= 0.3 is 0 Å². The average Bonchev–Trinajstić information content (AvgIpc) is 2.55. The Morgan fingerprint density at radius 2 is 1.87 bits per heavy atom. The fourth-order valence-electron chi connectivity index (χ4n) is 1.96. The maximum atomic E-state index is 12.1. The molecule has 0 saturated heterocycles. The zero-order valence-corrected chi connectivity index (χ0v) is 13.2. The van der Waals surface area contributed by atoms with Crippen LogP contribution in [0.4, 0.5) is 5.69 Å². The minimum Gasteiger partial charge on any atom is -0.338 e. The first-order chi connectivity index (χ1) is 11.0. The highest BCUT2D eigenvalue weighted by Crippen LogP contribution is 2.17. The van der Waals surface area contributed by atoms with Gasteiger partial charge in [0.05, 0.1) is 4.92 Å². The van der Waals surface area contributed by atoms with Gasteiger partial charge in [0.2, 0.25) is 5.91 Å². The molecule has 0 unspecified atom stereocenters. The number of carbonyl (C=O) groups is 1. The summed E-state index contributed by atoms with van der Waals surface area (Å²) in [5, 5.41) is 11.2. The first-order valence-corrected chi connectivity index (χ1v) is 7.26. The second-order valence-electron chi connectivity index (χ2n) is 4.97. The molecule has 0 spiro atoms. The Morgan fingerprint density at radius 1 is 1.22 bits per heavy atom. The fraction of sp³-hybridized carbons (Fsp3) is 0.118. The third-order valence-corrected chi connectivity index (χ3v) is 3.63. The first kappa shape index (κ1) is 16.7. The molecule has 0 bridgehead atoms. The van der Waals surface area contributed by atoms with E-state index in [0.29, 0.717) is 11.6 Å². The fourth-order valence-corrected chi connectivity index (χ4v) is 2.16. The Morgan fingerprint density at radius 3 is 2.48 bits per heavy atom. The highest BCUT2D eigenvalue weighted by atomic mass is 35.5. The standard InChI is InChI=1S/C17H15ClN2O3/c1-19(12-14-4-2-3-5-16(14)18)17(21)11-8-13-6-9-15(10-7-13)20(22)23/h2-11H,12H2,1H3/b11-8+. The van der Waals surface area contributed by atoms with Crippen molar-refractivity contribution in [3.8, 4) is 0 Å². The molecule has 1 amide bonds. The van der Waals surface area contributed by atoms with Crippen molar-refractivity contribution < 1.29 is 9.72 Å². The van der Waals surface area contributed by atoms with E-state index in [1.165, 1.54) is 18.2 Å². The Kier molecular flexibility index (Phi) is 5.49. The van der Waals surface area contributed by atoms with E-state index in [2.05, 4.69) is 0 Å². The van der Waals surface area contributed by atoms with E-state index in [0.717, 1.165) is 11.1 Å². The number of halogens is 1. The van der Waals surface area contributed by atoms with Crippen LogP contribution in [-0.4, -0.2) is 22.8 Å². The topological polar surface area (TPSA) is 63.5 Å². The molecule has 0 fully saturated rings. The van der Waals surface area contributed by atoms with Crippen LogP contribution in [0, 0.1) is 10.1 Å². The van der Waals surface area contributed by atoms with Crippen LogP contribution in [0.1, 0.15) is 11.1 Å². The number of amides is 1. The summed E-state index contributed by atoms with van der Waals surface area (Å²) in [4.78, 5) is 23.8. The predicted molar refractivity (Wildman–Crippen MR) is 90.1 cm³/mol. The molecule has 6 heteroatoms. The van der Waals surface area contributed by atoms with E-state index in [-0.39, 0.29) is 11.6 Å². The Bertz CT molecular complexity index is 742. The van der Waals surface area contributed by atoms with Crippen LogP contribution in [0.2, 0.25) is 5.02 Å². The summed E-state index contributed by atoms with van der Waals surface area (Å²) in [6, 6.07) is 13.3. The zero-order valence-electron chi connectivity index (χ0n) is 12.5. The van der Waals surface area contributed by atoms with Gasteiger partial charge in [-0.2, -0.15) is 0 Å². The van der Waals surface area contributed by atoms with Crippen molar-refractivity contribution in [1.29, 1.82) is 0 Å². The molecular weight excluding hydrogens is 316 g/mol. The summed E-state index contributed by atoms with van der Waals surface area (Å²) in [5.74, 6) is -0.178. The number of hydrogen-bond acceptors (Lipinski definition) is 3. The van der Waals surface area contributed by atoms with E-state index in [4.69, 9.17) is 11.6 Å². The summed E-state index contributed by atoms with van der Waals surface area (Å²) in [7, 11) is 1.69. The number of likely N-dealkylation sites (N-methyl/N-ethyl adjacent to an activating group) is 1. The van der Waals surface area contributed by atoms with Crippen LogP contribution >= 0.6 is 11.6 Å². The van der Waals surface area contributed by atoms with Gasteiger partial charge in [-0.1, -0.05) is 29.8 Å². The molecule has 0 radical (unpaired) electrons. The van der Waals surface area contributed by atoms with E-state index < -0.39 is 4.92 Å². The van der Waals surface area contributed by atoms with E-state index in [1.54, 1.807) is 36.2 Å². The summed E-state index contributed by atoms with van der Waals surface area (Å²) in [6.45, 7) is 0.406. The third-order valence-electron chi connectivity index (χ3n) is 3.26. The van der Waals surface area contributed by atoms with Gasteiger partial charge in [0, 0.05) is 36.8 Å². The van der Waals surface area contributed by atoms with Crippen LogP contribution in [0.3, 0.4) is 0 Å². The number of non-ortho nitro benzene ring substituents is 1. The quantitative estimate of drug-likeness (QED) is 0.474. The van der Waals surface area contributed by atoms with Gasteiger partial charge in [-0.3, -0.25) is 14.9 Å². The van der Waals surface area contributed by atoms with Crippen molar-refractivity contribution in [2.24, 2.45) is 0 Å². The van der Waals surface area contributed by atoms with Crippen molar-refractivity contribution in [2.75, 3.05) is 7.05 Å². The monoisotopic (exact) mass is 330 g/mol. The smallest absolute Gasteiger partial charge is 0.269 e. The number of carbonyl (C=O) groups excluding carboxylic acids is 1. The number of nitro benzene ring substituents is 1. The van der Waals surface area contributed by atoms with E-state index in [9.17, 15) is 14.9 Å². The average molecular weight is 331 g/mol. The van der Waals surface area contributed by atoms with Crippen LogP contribution in [0.15, 0.2) is 54.6 Å². The number of nitro groups is 1. The molecule has 0 aromatic heterocycles. The summed E-state index contributed by atoms with van der Waals surface area (Å²) >= 11 is 6.08. The lowest BCUT2D eigenvalue weighted by atomic mass is 10.2. The van der Waals surface area contributed by atoms with Gasteiger partial charge in [-0.15, -0.1) is 0 Å². The lowest BCUT2D eigenvalue weighted by Crippen LogP contribution is -2.24. The maximum Gasteiger partial charge on any atom is 0.269 e. The molecule has 0 heterocycles. The largest absolute Gasteiger partial charge is 0.338 e. The van der Waals surface area contributed by atoms with E-state index in [1.807, 2.05) is 18.2 Å². The second-order valence-corrected chi connectivity index (χ2v) is 5.37. The van der Waals surface area contributed by atoms with Crippen LogP contribution in [0.5, 0.6) is 0 Å². The van der Waals surface area contributed by atoms with E-state index >= 15 is 0 Å². The Labute approximate surface area is 139 Å². The molecule has 23 heavy (non-hydrogen) atoms. The predicted octanol–water partition coefficient (Wildman–Crippen LogP) is 3.92. The van der Waals surface area contributed by atoms with Crippen molar-refractivity contribution in [1.82, 2.24) is 4.90 Å². The molecule has 0 aliphatic heterocycles. The minimum atomic E-state index is -0.462. The molecule has 0 aliphatic rings. The summed E-state index contributed by atoms with van der Waals surface area (Å²) in [5.41, 5.74) is 1.60. The van der Waals surface area contributed by atoms with Crippen LogP contribution in [-0.2, 0) is 11.3 Å². The summed E-state index contributed by atoms with van der Waals surface area (Å²) in [6.07, 6.45) is 3.05. The van der Waals surface area contributed by atoms with Gasteiger partial charge in [0.1, 0.15) is 0 Å². The molecule has 0 atom stereocenters. The summed E-state index contributed by atoms with van der Waals surface area (Å²) < 4.78 is 0. The third kappa shape index (κ3) is 4.66. The van der Waals surface area contributed by atoms with Crippen molar-refractivity contribution in [3.05, 3.63) is 80.9 Å². The van der Waals surface area contributed by atoms with Gasteiger partial charge in [-0.25, -0.2) is 0 Å². The number of nitrogens with zero attached hydrogens (tertiary/aromatic N) is 2. The first-order valence-electron chi connectivity index (χ1n) is 6.88. The molecule has 118 valence electrons. The van der Waals surface area contributed by atoms with Crippen LogP contribution in [0.25, 0.3) is 6.08 Å². The van der Waals surface area contributed by atoms with Crippen molar-refractivity contribution in [3.63, 3.8) is 0 Å². The van der Waals surface area contributed by atoms with Crippen molar-refractivity contribution >= 4 is 29.3 Å². The zero-order chi connectivity index (χ0) is 16.8. The highest BCUT2D eigenvalue weighted by molar-refractivity contribution is 6.31. The number of rotatable bonds is 5. The molecule has 5 nitrogen and oxygen atoms in total. The lowest BCUT2D eigenvalue weighted by molar-refractivity contribution is -0.384. The minimum absolute atomic E-state index is 0.0179. The van der Waals surface area contributed by atoms with Gasteiger partial charge in [-0.05, 0) is 35.4 Å². The molecule has 0 saturated carbocycles. The molecule has 2 aromatic rings. The van der Waals surface area contributed by atoms with Gasteiger partial charge < -0.3 is 4.90 Å². The highest BCUT2D eigenvalue weighted by Gasteiger charge is 2.08. The van der Waals surface area contributed by atoms with Crippen molar-refractivity contribution in [2.45, 2.75) is 6.54 Å². The van der Waals surface area contributed by atoms with Gasteiger partial charge in [0.15, 0.2) is 0 Å². The second kappa shape index (κ2) is 7.56. The number of benzene rings is 2.